The molecule has 0 bridgehead atoms. The van der Waals surface area contributed by atoms with E-state index in [0.717, 1.165) is 12.1 Å². The minimum absolute atomic E-state index is 0.0427. The maximum absolute atomic E-state index is 10.9. The first-order chi connectivity index (χ1) is 12.7. The van der Waals surface area contributed by atoms with Crippen molar-refractivity contribution in [3.8, 4) is 0 Å². The Morgan fingerprint density at radius 3 is 2.62 bits per heavy atom. The number of aromatic nitrogens is 1. The molecule has 1 aromatic heterocycles. The number of aliphatic imine (C=N–C) groups is 1. The summed E-state index contributed by atoms with van der Waals surface area (Å²) in [6.07, 6.45) is 1.75. The number of nitro benzene ring substituents is 1. The van der Waals surface area contributed by atoms with Gasteiger partial charge in [-0.15, -0.1) is 0 Å². The van der Waals surface area contributed by atoms with Crippen LogP contribution in [0.2, 0.25) is 0 Å². The normalized spacial score (nSPS) is 11.6. The third kappa shape index (κ3) is 2.73. The van der Waals surface area contributed by atoms with E-state index >= 15 is 0 Å². The van der Waals surface area contributed by atoms with Gasteiger partial charge in [-0.05, 0) is 36.8 Å². The Morgan fingerprint density at radius 1 is 1.00 bits per heavy atom. The zero-order valence-electron chi connectivity index (χ0n) is 14.3. The summed E-state index contributed by atoms with van der Waals surface area (Å²) < 4.78 is 2.30. The SMILES string of the molecule is CCn1c2ccccc2c2cc(C=Nc3cccc([N+](=O)[O-])c3)ccc21. The summed E-state index contributed by atoms with van der Waals surface area (Å²) in [5, 5.41) is 13.3. The number of para-hydroxylation sites is 1. The molecule has 26 heavy (non-hydrogen) atoms. The molecule has 0 spiro atoms. The first-order valence-corrected chi connectivity index (χ1v) is 8.47. The predicted octanol–water partition coefficient (Wildman–Crippen LogP) is 5.47. The van der Waals surface area contributed by atoms with Crippen molar-refractivity contribution < 1.29 is 4.92 Å². The standard InChI is InChI=1S/C21H17N3O2/c1-2-23-20-9-4-3-8-18(20)19-12-15(10-11-21(19)23)14-22-16-6-5-7-17(13-16)24(25)26/h3-14H,2H2,1H3. The molecule has 0 aliphatic heterocycles. The number of non-ortho nitro benzene ring substituents is 1. The van der Waals surface area contributed by atoms with E-state index in [1.165, 1.54) is 33.9 Å². The summed E-state index contributed by atoms with van der Waals surface area (Å²) in [4.78, 5) is 14.9. The van der Waals surface area contributed by atoms with E-state index in [-0.39, 0.29) is 5.69 Å². The maximum Gasteiger partial charge on any atom is 0.271 e. The molecule has 0 saturated heterocycles. The highest BCUT2D eigenvalue weighted by molar-refractivity contribution is 6.09. The smallest absolute Gasteiger partial charge is 0.271 e. The van der Waals surface area contributed by atoms with Gasteiger partial charge < -0.3 is 4.57 Å². The van der Waals surface area contributed by atoms with Crippen LogP contribution in [0, 0.1) is 10.1 Å². The van der Waals surface area contributed by atoms with Gasteiger partial charge in [0.25, 0.3) is 5.69 Å². The third-order valence-electron chi connectivity index (χ3n) is 4.52. The topological polar surface area (TPSA) is 60.4 Å². The second-order valence-electron chi connectivity index (χ2n) is 6.07. The fourth-order valence-electron chi connectivity index (χ4n) is 3.33. The second kappa shape index (κ2) is 6.44. The van der Waals surface area contributed by atoms with Crippen LogP contribution in [0.15, 0.2) is 71.7 Å². The average molecular weight is 343 g/mol. The molecule has 3 aromatic carbocycles. The van der Waals surface area contributed by atoms with Gasteiger partial charge in [0, 0.05) is 46.7 Å². The van der Waals surface area contributed by atoms with E-state index in [4.69, 9.17) is 0 Å². The minimum Gasteiger partial charge on any atom is -0.341 e. The van der Waals surface area contributed by atoms with Crippen molar-refractivity contribution in [1.29, 1.82) is 0 Å². The predicted molar refractivity (Wildman–Crippen MR) is 105 cm³/mol. The summed E-state index contributed by atoms with van der Waals surface area (Å²) in [6.45, 7) is 3.05. The molecule has 0 aliphatic rings. The number of aryl methyl sites for hydroxylation is 1. The molecule has 0 atom stereocenters. The first-order valence-electron chi connectivity index (χ1n) is 8.47. The number of nitrogens with zero attached hydrogens (tertiary/aromatic N) is 3. The number of rotatable bonds is 4. The summed E-state index contributed by atoms with van der Waals surface area (Å²) in [7, 11) is 0. The van der Waals surface area contributed by atoms with Gasteiger partial charge >= 0.3 is 0 Å². The van der Waals surface area contributed by atoms with Crippen LogP contribution in [0.25, 0.3) is 21.8 Å². The zero-order valence-corrected chi connectivity index (χ0v) is 14.3. The molecule has 0 fully saturated rings. The molecule has 5 nitrogen and oxygen atoms in total. The number of benzene rings is 3. The van der Waals surface area contributed by atoms with Crippen LogP contribution in [0.1, 0.15) is 12.5 Å². The molecule has 4 rings (SSSR count). The van der Waals surface area contributed by atoms with E-state index in [1.807, 2.05) is 12.1 Å². The lowest BCUT2D eigenvalue weighted by Gasteiger charge is -2.02. The van der Waals surface area contributed by atoms with Crippen LogP contribution in [0.5, 0.6) is 0 Å². The van der Waals surface area contributed by atoms with Crippen LogP contribution in [-0.4, -0.2) is 15.7 Å². The fourth-order valence-corrected chi connectivity index (χ4v) is 3.33. The Hall–Kier alpha value is -3.47. The minimum atomic E-state index is -0.412. The molecule has 1 heterocycles. The molecule has 0 amide bonds. The number of hydrogen-bond donors (Lipinski definition) is 0. The Balaban J connectivity index is 1.77. The summed E-state index contributed by atoms with van der Waals surface area (Å²) >= 11 is 0. The molecular formula is C21H17N3O2. The van der Waals surface area contributed by atoms with E-state index in [0.29, 0.717) is 5.69 Å². The van der Waals surface area contributed by atoms with Crippen molar-refractivity contribution in [3.63, 3.8) is 0 Å². The number of nitro groups is 1. The third-order valence-corrected chi connectivity index (χ3v) is 4.52. The maximum atomic E-state index is 10.9. The lowest BCUT2D eigenvalue weighted by molar-refractivity contribution is -0.384. The van der Waals surface area contributed by atoms with E-state index < -0.39 is 4.92 Å². The highest BCUT2D eigenvalue weighted by Crippen LogP contribution is 2.29. The van der Waals surface area contributed by atoms with Gasteiger partial charge in [0.05, 0.1) is 10.6 Å². The zero-order chi connectivity index (χ0) is 18.1. The molecule has 0 radical (unpaired) electrons. The Kier molecular flexibility index (Phi) is 3.97. The van der Waals surface area contributed by atoms with Crippen molar-refractivity contribution in [1.82, 2.24) is 4.57 Å². The molecular weight excluding hydrogens is 326 g/mol. The van der Waals surface area contributed by atoms with E-state index in [9.17, 15) is 10.1 Å². The van der Waals surface area contributed by atoms with Crippen LogP contribution in [0.4, 0.5) is 11.4 Å². The second-order valence-corrected chi connectivity index (χ2v) is 6.07. The van der Waals surface area contributed by atoms with Crippen molar-refractivity contribution >= 4 is 39.4 Å². The molecule has 0 aliphatic carbocycles. The van der Waals surface area contributed by atoms with Gasteiger partial charge in [0.15, 0.2) is 0 Å². The van der Waals surface area contributed by atoms with Crippen LogP contribution in [-0.2, 0) is 6.54 Å². The summed E-state index contributed by atoms with van der Waals surface area (Å²) in [5.41, 5.74) is 3.98. The van der Waals surface area contributed by atoms with Crippen LogP contribution in [0.3, 0.4) is 0 Å². The average Bonchev–Trinajstić information content (AvgIpc) is 2.99. The molecule has 4 aromatic rings. The van der Waals surface area contributed by atoms with Gasteiger partial charge in [0.2, 0.25) is 0 Å². The van der Waals surface area contributed by atoms with Crippen LogP contribution < -0.4 is 0 Å². The Labute approximate surface area is 150 Å². The van der Waals surface area contributed by atoms with Gasteiger partial charge in [-0.1, -0.05) is 30.3 Å². The lowest BCUT2D eigenvalue weighted by Crippen LogP contribution is -1.92. The van der Waals surface area contributed by atoms with Gasteiger partial charge in [-0.25, -0.2) is 0 Å². The fraction of sp³-hybridized carbons (Fsp3) is 0.0952. The Bertz CT molecular complexity index is 1160. The number of fused-ring (bicyclic) bond motifs is 3. The van der Waals surface area contributed by atoms with E-state index in [1.54, 1.807) is 18.3 Å². The van der Waals surface area contributed by atoms with Crippen molar-refractivity contribution in [2.45, 2.75) is 13.5 Å². The number of hydrogen-bond acceptors (Lipinski definition) is 3. The van der Waals surface area contributed by atoms with Gasteiger partial charge in [0.1, 0.15) is 0 Å². The van der Waals surface area contributed by atoms with Crippen molar-refractivity contribution in [2.24, 2.45) is 4.99 Å². The van der Waals surface area contributed by atoms with Crippen molar-refractivity contribution in [2.75, 3.05) is 0 Å². The van der Waals surface area contributed by atoms with Crippen molar-refractivity contribution in [3.05, 3.63) is 82.4 Å². The largest absolute Gasteiger partial charge is 0.341 e. The van der Waals surface area contributed by atoms with Gasteiger partial charge in [-0.3, -0.25) is 15.1 Å². The van der Waals surface area contributed by atoms with Crippen LogP contribution >= 0.6 is 0 Å². The monoisotopic (exact) mass is 343 g/mol. The summed E-state index contributed by atoms with van der Waals surface area (Å²) in [5.74, 6) is 0. The summed E-state index contributed by atoms with van der Waals surface area (Å²) in [6, 6.07) is 20.9. The molecule has 0 saturated carbocycles. The highest BCUT2D eigenvalue weighted by Gasteiger charge is 2.09. The van der Waals surface area contributed by atoms with E-state index in [2.05, 4.69) is 46.8 Å². The molecule has 0 N–H and O–H groups in total. The molecule has 5 heteroatoms. The molecule has 0 unspecified atom stereocenters. The molecule has 128 valence electrons. The Morgan fingerprint density at radius 2 is 1.81 bits per heavy atom. The lowest BCUT2D eigenvalue weighted by atomic mass is 10.1. The highest BCUT2D eigenvalue weighted by atomic mass is 16.6. The van der Waals surface area contributed by atoms with Gasteiger partial charge in [-0.2, -0.15) is 0 Å². The first kappa shape index (κ1) is 16.0. The quantitative estimate of drug-likeness (QED) is 0.280.